The van der Waals surface area contributed by atoms with Crippen molar-refractivity contribution < 1.29 is 8.42 Å². The second-order valence-corrected chi connectivity index (χ2v) is 9.49. The van der Waals surface area contributed by atoms with E-state index in [1.54, 1.807) is 12.4 Å². The molecule has 3 aromatic rings. The lowest BCUT2D eigenvalue weighted by Gasteiger charge is -2.28. The molecule has 4 heterocycles. The molecule has 0 radical (unpaired) electrons. The van der Waals surface area contributed by atoms with Crippen LogP contribution in [0.3, 0.4) is 0 Å². The van der Waals surface area contributed by atoms with Crippen molar-refractivity contribution >= 4 is 38.8 Å². The van der Waals surface area contributed by atoms with Gasteiger partial charge in [-0.3, -0.25) is 9.67 Å². The lowest BCUT2D eigenvalue weighted by Crippen LogP contribution is -2.41. The van der Waals surface area contributed by atoms with Crippen LogP contribution in [0.1, 0.15) is 30.4 Å². The minimum atomic E-state index is -2.98. The highest BCUT2D eigenvalue weighted by Gasteiger charge is 2.26. The molecule has 8 nitrogen and oxygen atoms in total. The number of sulfone groups is 1. The number of aromatic nitrogens is 5. The van der Waals surface area contributed by atoms with Gasteiger partial charge in [-0.15, -0.1) is 0 Å². The maximum absolute atomic E-state index is 11.9. The predicted octanol–water partition coefficient (Wildman–Crippen LogP) is 2.12. The van der Waals surface area contributed by atoms with Gasteiger partial charge in [0, 0.05) is 32.5 Å². The number of hydrogen-bond acceptors (Lipinski definition) is 7. The van der Waals surface area contributed by atoms with Crippen LogP contribution in [0.5, 0.6) is 0 Å². The zero-order chi connectivity index (χ0) is 20.4. The first-order valence-corrected chi connectivity index (χ1v) is 11.6. The van der Waals surface area contributed by atoms with Crippen molar-refractivity contribution in [2.75, 3.05) is 29.5 Å². The van der Waals surface area contributed by atoms with E-state index in [4.69, 9.17) is 9.97 Å². The SMILES string of the molecule is CCCc1nn(C)c2c(N3CCS(=O)(=O)CC3)nc(C=Cc3cccnc3)nc12. The highest BCUT2D eigenvalue weighted by atomic mass is 32.2. The Hall–Kier alpha value is -2.81. The van der Waals surface area contributed by atoms with Gasteiger partial charge in [-0.2, -0.15) is 5.10 Å². The van der Waals surface area contributed by atoms with E-state index in [0.29, 0.717) is 18.9 Å². The van der Waals surface area contributed by atoms with Gasteiger partial charge in [-0.25, -0.2) is 18.4 Å². The summed E-state index contributed by atoms with van der Waals surface area (Å²) < 4.78 is 25.6. The minimum absolute atomic E-state index is 0.138. The van der Waals surface area contributed by atoms with Gasteiger partial charge in [0.05, 0.1) is 17.2 Å². The third-order valence-corrected chi connectivity index (χ3v) is 6.60. The van der Waals surface area contributed by atoms with E-state index < -0.39 is 9.84 Å². The largest absolute Gasteiger partial charge is 0.353 e. The Bertz CT molecular complexity index is 1140. The van der Waals surface area contributed by atoms with Gasteiger partial charge in [-0.05, 0) is 30.2 Å². The van der Waals surface area contributed by atoms with Gasteiger partial charge in [0.15, 0.2) is 21.5 Å². The quantitative estimate of drug-likeness (QED) is 0.633. The molecule has 0 N–H and O–H groups in total. The summed E-state index contributed by atoms with van der Waals surface area (Å²) in [6, 6.07) is 3.84. The van der Waals surface area contributed by atoms with E-state index >= 15 is 0 Å². The number of nitrogens with zero attached hydrogens (tertiary/aromatic N) is 6. The van der Waals surface area contributed by atoms with E-state index in [1.807, 2.05) is 40.9 Å². The summed E-state index contributed by atoms with van der Waals surface area (Å²) in [5.41, 5.74) is 3.58. The molecule has 3 aromatic heterocycles. The van der Waals surface area contributed by atoms with Crippen LogP contribution < -0.4 is 4.90 Å². The minimum Gasteiger partial charge on any atom is -0.353 e. The number of rotatable bonds is 5. The fourth-order valence-corrected chi connectivity index (χ4v) is 4.71. The summed E-state index contributed by atoms with van der Waals surface area (Å²) in [5, 5.41) is 4.66. The van der Waals surface area contributed by atoms with Crippen molar-refractivity contribution in [3.8, 4) is 0 Å². The standard InChI is InChI=1S/C20H24N6O2S/c1-3-5-16-18-19(25(2)24-16)20(26-10-12-29(27,28)13-11-26)23-17(22-18)8-7-15-6-4-9-21-14-15/h4,6-9,14H,3,5,10-13H2,1-2H3. The van der Waals surface area contributed by atoms with Crippen LogP contribution in [0.2, 0.25) is 0 Å². The van der Waals surface area contributed by atoms with Crippen LogP contribution in [0.4, 0.5) is 5.82 Å². The first kappa shape index (κ1) is 19.5. The molecule has 0 unspecified atom stereocenters. The molecule has 152 valence electrons. The maximum Gasteiger partial charge on any atom is 0.159 e. The topological polar surface area (TPSA) is 93.9 Å². The smallest absolute Gasteiger partial charge is 0.159 e. The lowest BCUT2D eigenvalue weighted by atomic mass is 10.2. The van der Waals surface area contributed by atoms with Crippen LogP contribution in [0, 0.1) is 0 Å². The van der Waals surface area contributed by atoms with E-state index in [1.165, 1.54) is 0 Å². The number of aryl methyl sites for hydroxylation is 2. The van der Waals surface area contributed by atoms with Crippen LogP contribution in [-0.4, -0.2) is 57.7 Å². The predicted molar refractivity (Wildman–Crippen MR) is 114 cm³/mol. The Morgan fingerprint density at radius 3 is 2.66 bits per heavy atom. The molecule has 4 rings (SSSR count). The summed E-state index contributed by atoms with van der Waals surface area (Å²) >= 11 is 0. The van der Waals surface area contributed by atoms with Gasteiger partial charge in [-0.1, -0.05) is 19.4 Å². The Morgan fingerprint density at radius 2 is 1.97 bits per heavy atom. The number of fused-ring (bicyclic) bond motifs is 1. The molecule has 9 heteroatoms. The maximum atomic E-state index is 11.9. The summed E-state index contributed by atoms with van der Waals surface area (Å²) in [4.78, 5) is 15.7. The highest BCUT2D eigenvalue weighted by Crippen LogP contribution is 2.28. The zero-order valence-corrected chi connectivity index (χ0v) is 17.4. The fraction of sp³-hybridized carbons (Fsp3) is 0.400. The molecule has 0 amide bonds. The molecule has 1 aliphatic rings. The van der Waals surface area contributed by atoms with Gasteiger partial charge in [0.2, 0.25) is 0 Å². The zero-order valence-electron chi connectivity index (χ0n) is 16.6. The van der Waals surface area contributed by atoms with Crippen LogP contribution in [-0.2, 0) is 23.3 Å². The summed E-state index contributed by atoms with van der Waals surface area (Å²) in [6.07, 6.45) is 9.09. The highest BCUT2D eigenvalue weighted by molar-refractivity contribution is 7.91. The van der Waals surface area contributed by atoms with Gasteiger partial charge in [0.25, 0.3) is 0 Å². The molecule has 0 saturated carbocycles. The van der Waals surface area contributed by atoms with Crippen molar-refractivity contribution in [2.45, 2.75) is 19.8 Å². The Morgan fingerprint density at radius 1 is 1.17 bits per heavy atom. The van der Waals surface area contributed by atoms with E-state index in [0.717, 1.165) is 41.0 Å². The molecular formula is C20H24N6O2S. The molecule has 0 atom stereocenters. The van der Waals surface area contributed by atoms with Crippen molar-refractivity contribution in [1.82, 2.24) is 24.7 Å². The second kappa shape index (κ2) is 7.90. The van der Waals surface area contributed by atoms with Crippen LogP contribution in [0.25, 0.3) is 23.2 Å². The third kappa shape index (κ3) is 4.14. The molecule has 0 aliphatic carbocycles. The van der Waals surface area contributed by atoms with Crippen LogP contribution >= 0.6 is 0 Å². The summed E-state index contributed by atoms with van der Waals surface area (Å²) in [5.74, 6) is 1.60. The monoisotopic (exact) mass is 412 g/mol. The molecule has 0 bridgehead atoms. The van der Waals surface area contributed by atoms with E-state index in [2.05, 4.69) is 17.0 Å². The number of pyridine rings is 1. The lowest BCUT2D eigenvalue weighted by molar-refractivity contribution is 0.586. The fourth-order valence-electron chi connectivity index (χ4n) is 3.51. The molecular weight excluding hydrogens is 388 g/mol. The van der Waals surface area contributed by atoms with Gasteiger partial charge >= 0.3 is 0 Å². The average Bonchev–Trinajstić information content (AvgIpc) is 3.02. The van der Waals surface area contributed by atoms with E-state index in [9.17, 15) is 8.42 Å². The van der Waals surface area contributed by atoms with Gasteiger partial charge < -0.3 is 4.90 Å². The number of anilines is 1. The summed E-state index contributed by atoms with van der Waals surface area (Å²) in [6.45, 7) is 2.96. The van der Waals surface area contributed by atoms with Crippen molar-refractivity contribution in [3.05, 3.63) is 41.6 Å². The van der Waals surface area contributed by atoms with Crippen molar-refractivity contribution in [1.29, 1.82) is 0 Å². The molecule has 1 fully saturated rings. The molecule has 1 saturated heterocycles. The Kier molecular flexibility index (Phi) is 5.31. The normalized spacial score (nSPS) is 16.7. The molecule has 0 aromatic carbocycles. The van der Waals surface area contributed by atoms with Crippen molar-refractivity contribution in [3.63, 3.8) is 0 Å². The third-order valence-electron chi connectivity index (χ3n) is 4.99. The molecule has 29 heavy (non-hydrogen) atoms. The first-order valence-electron chi connectivity index (χ1n) is 9.74. The second-order valence-electron chi connectivity index (χ2n) is 7.18. The Balaban J connectivity index is 1.80. The molecule has 1 aliphatic heterocycles. The van der Waals surface area contributed by atoms with Gasteiger partial charge in [0.1, 0.15) is 11.0 Å². The van der Waals surface area contributed by atoms with E-state index in [-0.39, 0.29) is 11.5 Å². The first-order chi connectivity index (χ1) is 14.0. The Labute approximate surface area is 170 Å². The molecule has 0 spiro atoms. The number of hydrogen-bond donors (Lipinski definition) is 0. The summed E-state index contributed by atoms with van der Waals surface area (Å²) in [7, 11) is -1.09. The average molecular weight is 413 g/mol. The van der Waals surface area contributed by atoms with Crippen molar-refractivity contribution in [2.24, 2.45) is 7.05 Å². The van der Waals surface area contributed by atoms with Crippen LogP contribution in [0.15, 0.2) is 24.5 Å².